The van der Waals surface area contributed by atoms with Crippen LogP contribution in [-0.2, 0) is 11.2 Å². The van der Waals surface area contributed by atoms with Gasteiger partial charge in [0, 0.05) is 23.5 Å². The molecule has 2 N–H and O–H groups in total. The van der Waals surface area contributed by atoms with Gasteiger partial charge in [0.15, 0.2) is 0 Å². The van der Waals surface area contributed by atoms with E-state index >= 15 is 0 Å². The molecule has 0 spiro atoms. The fourth-order valence-corrected chi connectivity index (χ4v) is 2.97. The van der Waals surface area contributed by atoms with Crippen LogP contribution in [0.1, 0.15) is 21.7 Å². The Hall–Kier alpha value is -3.41. The van der Waals surface area contributed by atoms with E-state index in [1.165, 1.54) is 7.11 Å². The maximum Gasteiger partial charge on any atom is 0.337 e. The third-order valence-corrected chi connectivity index (χ3v) is 4.21. The summed E-state index contributed by atoms with van der Waals surface area (Å²) in [5, 5.41) is 1.53. The van der Waals surface area contributed by atoms with Gasteiger partial charge in [0.2, 0.25) is 0 Å². The lowest BCUT2D eigenvalue weighted by Gasteiger charge is -2.04. The lowest BCUT2D eigenvalue weighted by atomic mass is 10.1. The lowest BCUT2D eigenvalue weighted by molar-refractivity contribution is 0.0601. The Morgan fingerprint density at radius 1 is 1.16 bits per heavy atom. The van der Waals surface area contributed by atoms with Crippen molar-refractivity contribution in [3.05, 3.63) is 76.0 Å². The van der Waals surface area contributed by atoms with Crippen LogP contribution in [-0.4, -0.2) is 28.0 Å². The number of methoxy groups -OCH3 is 1. The summed E-state index contributed by atoms with van der Waals surface area (Å²) in [6, 6.07) is 12.7. The molecule has 6 nitrogen and oxygen atoms in total. The third-order valence-electron chi connectivity index (χ3n) is 4.21. The lowest BCUT2D eigenvalue weighted by Crippen LogP contribution is -2.13. The van der Waals surface area contributed by atoms with Gasteiger partial charge in [-0.1, -0.05) is 18.2 Å². The number of benzene rings is 2. The first kappa shape index (κ1) is 15.1. The zero-order valence-corrected chi connectivity index (χ0v) is 13.5. The van der Waals surface area contributed by atoms with Crippen molar-refractivity contribution in [3.63, 3.8) is 0 Å². The predicted molar refractivity (Wildman–Crippen MR) is 94.8 cm³/mol. The molecular formula is C19H15N3O3. The topological polar surface area (TPSA) is 87.8 Å². The van der Waals surface area contributed by atoms with Gasteiger partial charge >= 0.3 is 5.97 Å². The molecule has 4 rings (SSSR count). The van der Waals surface area contributed by atoms with E-state index in [2.05, 4.69) is 15.0 Å². The number of carbonyl (C=O) groups is 1. The number of H-pyrrole nitrogens is 2. The summed E-state index contributed by atoms with van der Waals surface area (Å²) in [6.45, 7) is 0. The quantitative estimate of drug-likeness (QED) is 0.564. The van der Waals surface area contributed by atoms with Gasteiger partial charge in [-0.05, 0) is 29.8 Å². The summed E-state index contributed by atoms with van der Waals surface area (Å²) in [5.41, 5.74) is 2.69. The first-order chi connectivity index (χ1) is 12.2. The molecule has 0 amide bonds. The van der Waals surface area contributed by atoms with E-state index < -0.39 is 5.97 Å². The standard InChI is InChI=1S/C19H15N3O3/c1-25-19(24)11-6-7-14-16(8-11)21-17(22-18(14)23)9-12-10-20-15-5-3-2-4-13(12)15/h2-8,10,20H,9H2,1H3,(H,21,22,23). The molecule has 4 aromatic rings. The molecule has 0 saturated heterocycles. The number of nitrogens with zero attached hydrogens (tertiary/aromatic N) is 1. The summed E-state index contributed by atoms with van der Waals surface area (Å²) < 4.78 is 4.72. The number of rotatable bonds is 3. The summed E-state index contributed by atoms with van der Waals surface area (Å²) in [4.78, 5) is 34.6. The summed E-state index contributed by atoms with van der Waals surface area (Å²) >= 11 is 0. The average molecular weight is 333 g/mol. The van der Waals surface area contributed by atoms with E-state index in [4.69, 9.17) is 4.74 Å². The van der Waals surface area contributed by atoms with Gasteiger partial charge in [0.25, 0.3) is 5.56 Å². The third kappa shape index (κ3) is 2.67. The Balaban J connectivity index is 1.79. The highest BCUT2D eigenvalue weighted by Gasteiger charge is 2.11. The Bertz CT molecular complexity index is 1160. The smallest absolute Gasteiger partial charge is 0.337 e. The highest BCUT2D eigenvalue weighted by Crippen LogP contribution is 2.20. The predicted octanol–water partition coefficient (Wildman–Crippen LogP) is 2.78. The molecule has 0 aliphatic carbocycles. The van der Waals surface area contributed by atoms with Crippen molar-refractivity contribution in [2.75, 3.05) is 7.11 Å². The van der Waals surface area contributed by atoms with Crippen molar-refractivity contribution >= 4 is 27.8 Å². The van der Waals surface area contributed by atoms with E-state index in [9.17, 15) is 9.59 Å². The van der Waals surface area contributed by atoms with Crippen molar-refractivity contribution < 1.29 is 9.53 Å². The van der Waals surface area contributed by atoms with Crippen LogP contribution in [0.4, 0.5) is 0 Å². The van der Waals surface area contributed by atoms with Crippen LogP contribution in [0.5, 0.6) is 0 Å². The Kier molecular flexibility index (Phi) is 3.57. The molecule has 0 aliphatic rings. The monoisotopic (exact) mass is 333 g/mol. The van der Waals surface area contributed by atoms with Gasteiger partial charge < -0.3 is 14.7 Å². The minimum Gasteiger partial charge on any atom is -0.465 e. The number of nitrogens with one attached hydrogen (secondary N) is 2. The average Bonchev–Trinajstić information content (AvgIpc) is 3.03. The molecule has 124 valence electrons. The van der Waals surface area contributed by atoms with Gasteiger partial charge in [0.1, 0.15) is 5.82 Å². The number of para-hydroxylation sites is 1. The maximum absolute atomic E-state index is 12.3. The van der Waals surface area contributed by atoms with Gasteiger partial charge in [-0.2, -0.15) is 0 Å². The number of aromatic amines is 2. The van der Waals surface area contributed by atoms with E-state index in [1.54, 1.807) is 18.2 Å². The van der Waals surface area contributed by atoms with Crippen LogP contribution >= 0.6 is 0 Å². The molecule has 0 aliphatic heterocycles. The minimum atomic E-state index is -0.456. The molecule has 0 saturated carbocycles. The number of carbonyl (C=O) groups excluding carboxylic acids is 1. The Morgan fingerprint density at radius 2 is 2.00 bits per heavy atom. The van der Waals surface area contributed by atoms with Crippen molar-refractivity contribution in [1.29, 1.82) is 0 Å². The zero-order valence-electron chi connectivity index (χ0n) is 13.5. The van der Waals surface area contributed by atoms with Crippen LogP contribution in [0.15, 0.2) is 53.5 Å². The molecule has 0 unspecified atom stereocenters. The second-order valence-electron chi connectivity index (χ2n) is 5.77. The van der Waals surface area contributed by atoms with E-state index in [1.807, 2.05) is 30.5 Å². The van der Waals surface area contributed by atoms with Crippen LogP contribution in [0.25, 0.3) is 21.8 Å². The highest BCUT2D eigenvalue weighted by atomic mass is 16.5. The number of ether oxygens (including phenoxy) is 1. The molecule has 0 bridgehead atoms. The summed E-state index contributed by atoms with van der Waals surface area (Å²) in [6.07, 6.45) is 2.40. The number of hydrogen-bond acceptors (Lipinski definition) is 4. The van der Waals surface area contributed by atoms with Crippen molar-refractivity contribution in [1.82, 2.24) is 15.0 Å². The second-order valence-corrected chi connectivity index (χ2v) is 5.77. The Morgan fingerprint density at radius 3 is 2.84 bits per heavy atom. The Labute approximate surface area is 142 Å². The van der Waals surface area contributed by atoms with Crippen LogP contribution in [0, 0.1) is 0 Å². The van der Waals surface area contributed by atoms with Crippen molar-refractivity contribution in [3.8, 4) is 0 Å². The molecule has 0 atom stereocenters. The summed E-state index contributed by atoms with van der Waals surface area (Å²) in [5.74, 6) is 0.0893. The molecular weight excluding hydrogens is 318 g/mol. The molecule has 2 aromatic carbocycles. The van der Waals surface area contributed by atoms with Gasteiger partial charge in [0.05, 0.1) is 23.6 Å². The number of hydrogen-bond donors (Lipinski definition) is 2. The molecule has 6 heteroatoms. The van der Waals surface area contributed by atoms with E-state index in [0.717, 1.165) is 16.5 Å². The van der Waals surface area contributed by atoms with E-state index in [0.29, 0.717) is 28.7 Å². The SMILES string of the molecule is COC(=O)c1ccc2c(=O)[nH]c(Cc3c[nH]c4ccccc34)nc2c1. The van der Waals surface area contributed by atoms with Crippen molar-refractivity contribution in [2.45, 2.75) is 6.42 Å². The van der Waals surface area contributed by atoms with Crippen molar-refractivity contribution in [2.24, 2.45) is 0 Å². The second kappa shape index (κ2) is 5.90. The van der Waals surface area contributed by atoms with Gasteiger partial charge in [-0.15, -0.1) is 0 Å². The summed E-state index contributed by atoms with van der Waals surface area (Å²) in [7, 11) is 1.32. The first-order valence-electron chi connectivity index (χ1n) is 7.82. The molecule has 2 heterocycles. The van der Waals surface area contributed by atoms with Crippen LogP contribution in [0.2, 0.25) is 0 Å². The largest absolute Gasteiger partial charge is 0.465 e. The van der Waals surface area contributed by atoms with Crippen LogP contribution < -0.4 is 5.56 Å². The molecule has 2 aromatic heterocycles. The van der Waals surface area contributed by atoms with E-state index in [-0.39, 0.29) is 5.56 Å². The van der Waals surface area contributed by atoms with Gasteiger partial charge in [-0.3, -0.25) is 4.79 Å². The maximum atomic E-state index is 12.3. The molecule has 0 radical (unpaired) electrons. The highest BCUT2D eigenvalue weighted by molar-refractivity contribution is 5.94. The molecule has 25 heavy (non-hydrogen) atoms. The number of fused-ring (bicyclic) bond motifs is 2. The fourth-order valence-electron chi connectivity index (χ4n) is 2.97. The fraction of sp³-hybridized carbons (Fsp3) is 0.105. The van der Waals surface area contributed by atoms with Crippen LogP contribution in [0.3, 0.4) is 0 Å². The number of aromatic nitrogens is 3. The normalized spacial score (nSPS) is 11.1. The zero-order chi connectivity index (χ0) is 17.4. The van der Waals surface area contributed by atoms with Gasteiger partial charge in [-0.25, -0.2) is 9.78 Å². The first-order valence-corrected chi connectivity index (χ1v) is 7.82. The molecule has 0 fully saturated rings. The number of esters is 1. The minimum absolute atomic E-state index is 0.226.